The number of piperidine rings is 1. The maximum atomic E-state index is 13.4. The lowest BCUT2D eigenvalue weighted by Gasteiger charge is -2.32. The van der Waals surface area contributed by atoms with Crippen LogP contribution in [0.25, 0.3) is 0 Å². The predicted octanol–water partition coefficient (Wildman–Crippen LogP) is 2.45. The number of hydrogen-bond acceptors (Lipinski definition) is 3. The molecule has 0 saturated carbocycles. The fraction of sp³-hybridized carbons (Fsp3) is 0.588. The number of nitrogens with zero attached hydrogens (tertiary/aromatic N) is 1. The van der Waals surface area contributed by atoms with Crippen molar-refractivity contribution in [2.75, 3.05) is 13.1 Å². The van der Waals surface area contributed by atoms with Gasteiger partial charge >= 0.3 is 0 Å². The standard InChI is InChI=1S/C17H25FN2O3S/c1-12-11-14(5-6-15(12)18)24(22,23)20-9-7-13(8-10-20)16(21)19-17(2,3)4/h5-6,11,13H,7-10H2,1-4H3,(H,19,21). The van der Waals surface area contributed by atoms with Gasteiger partial charge in [0.25, 0.3) is 0 Å². The average molecular weight is 356 g/mol. The van der Waals surface area contributed by atoms with Crippen LogP contribution in [0, 0.1) is 18.7 Å². The van der Waals surface area contributed by atoms with Gasteiger partial charge in [-0.1, -0.05) is 0 Å². The van der Waals surface area contributed by atoms with E-state index >= 15 is 0 Å². The molecule has 1 aliphatic heterocycles. The van der Waals surface area contributed by atoms with E-state index in [4.69, 9.17) is 0 Å². The summed E-state index contributed by atoms with van der Waals surface area (Å²) in [5.74, 6) is -0.630. The van der Waals surface area contributed by atoms with Gasteiger partial charge in [-0.15, -0.1) is 0 Å². The van der Waals surface area contributed by atoms with Crippen molar-refractivity contribution < 1.29 is 17.6 Å². The molecule has 1 saturated heterocycles. The molecular weight excluding hydrogens is 331 g/mol. The first-order valence-corrected chi connectivity index (χ1v) is 9.53. The normalized spacial score (nSPS) is 17.7. The quantitative estimate of drug-likeness (QED) is 0.905. The molecule has 24 heavy (non-hydrogen) atoms. The number of hydrogen-bond donors (Lipinski definition) is 1. The molecule has 134 valence electrons. The average Bonchev–Trinajstić information content (AvgIpc) is 2.48. The summed E-state index contributed by atoms with van der Waals surface area (Å²) >= 11 is 0. The van der Waals surface area contributed by atoms with Gasteiger partial charge in [-0.25, -0.2) is 12.8 Å². The van der Waals surface area contributed by atoms with Crippen molar-refractivity contribution in [3.05, 3.63) is 29.6 Å². The largest absolute Gasteiger partial charge is 0.351 e. The molecule has 0 radical (unpaired) electrons. The number of sulfonamides is 1. The summed E-state index contributed by atoms with van der Waals surface area (Å²) in [6, 6.07) is 3.81. The van der Waals surface area contributed by atoms with Gasteiger partial charge in [0.15, 0.2) is 0 Å². The van der Waals surface area contributed by atoms with E-state index in [1.807, 2.05) is 20.8 Å². The first kappa shape index (κ1) is 18.9. The van der Waals surface area contributed by atoms with E-state index in [2.05, 4.69) is 5.32 Å². The van der Waals surface area contributed by atoms with E-state index in [9.17, 15) is 17.6 Å². The van der Waals surface area contributed by atoms with Crippen molar-refractivity contribution in [1.82, 2.24) is 9.62 Å². The molecule has 0 atom stereocenters. The maximum Gasteiger partial charge on any atom is 0.243 e. The third kappa shape index (κ3) is 4.33. The van der Waals surface area contributed by atoms with Crippen LogP contribution in [0.15, 0.2) is 23.1 Å². The topological polar surface area (TPSA) is 66.5 Å². The number of benzene rings is 1. The molecule has 1 aromatic rings. The lowest BCUT2D eigenvalue weighted by Crippen LogP contribution is -2.47. The molecule has 1 fully saturated rings. The van der Waals surface area contributed by atoms with Gasteiger partial charge in [0.1, 0.15) is 5.82 Å². The Bertz CT molecular complexity index is 718. The Labute approximate surface area is 143 Å². The highest BCUT2D eigenvalue weighted by Gasteiger charge is 2.33. The second-order valence-corrected chi connectivity index (χ2v) is 9.27. The van der Waals surface area contributed by atoms with Gasteiger partial charge in [0, 0.05) is 24.5 Å². The summed E-state index contributed by atoms with van der Waals surface area (Å²) < 4.78 is 40.0. The van der Waals surface area contributed by atoms with Gasteiger partial charge in [0.05, 0.1) is 4.90 Å². The van der Waals surface area contributed by atoms with Crippen molar-refractivity contribution in [2.45, 2.75) is 51.0 Å². The van der Waals surface area contributed by atoms with E-state index in [0.29, 0.717) is 31.5 Å². The predicted molar refractivity (Wildman–Crippen MR) is 90.5 cm³/mol. The van der Waals surface area contributed by atoms with Crippen molar-refractivity contribution >= 4 is 15.9 Å². The first-order chi connectivity index (χ1) is 11.0. The summed E-state index contributed by atoms with van der Waals surface area (Å²) in [4.78, 5) is 12.3. The number of amides is 1. The fourth-order valence-electron chi connectivity index (χ4n) is 2.76. The third-order valence-corrected chi connectivity index (χ3v) is 5.98. The fourth-order valence-corrected chi connectivity index (χ4v) is 4.31. The van der Waals surface area contributed by atoms with Gasteiger partial charge in [-0.2, -0.15) is 4.31 Å². The number of rotatable bonds is 3. The Morgan fingerprint density at radius 3 is 2.33 bits per heavy atom. The third-order valence-electron chi connectivity index (χ3n) is 4.09. The maximum absolute atomic E-state index is 13.4. The van der Waals surface area contributed by atoms with Gasteiger partial charge in [-0.05, 0) is 64.3 Å². The Morgan fingerprint density at radius 1 is 1.25 bits per heavy atom. The van der Waals surface area contributed by atoms with E-state index in [0.717, 1.165) is 0 Å². The molecule has 1 heterocycles. The van der Waals surface area contributed by atoms with Crippen molar-refractivity contribution in [3.8, 4) is 0 Å². The van der Waals surface area contributed by atoms with Crippen LogP contribution in [0.1, 0.15) is 39.2 Å². The number of aryl methyl sites for hydroxylation is 1. The zero-order valence-corrected chi connectivity index (χ0v) is 15.4. The molecule has 1 amide bonds. The summed E-state index contributed by atoms with van der Waals surface area (Å²) in [5.41, 5.74) is 0.00173. The van der Waals surface area contributed by atoms with E-state index in [-0.39, 0.29) is 22.3 Å². The zero-order chi connectivity index (χ0) is 18.1. The Morgan fingerprint density at radius 2 is 1.83 bits per heavy atom. The molecule has 7 heteroatoms. The van der Waals surface area contributed by atoms with Crippen molar-refractivity contribution in [1.29, 1.82) is 0 Å². The molecular formula is C17H25FN2O3S. The molecule has 5 nitrogen and oxygen atoms in total. The Hall–Kier alpha value is -1.47. The highest BCUT2D eigenvalue weighted by atomic mass is 32.2. The Kier molecular flexibility index (Phi) is 5.34. The van der Waals surface area contributed by atoms with Crippen LogP contribution < -0.4 is 5.32 Å². The molecule has 0 aliphatic carbocycles. The van der Waals surface area contributed by atoms with Gasteiger partial charge in [0.2, 0.25) is 15.9 Å². The highest BCUT2D eigenvalue weighted by molar-refractivity contribution is 7.89. The van der Waals surface area contributed by atoms with Crippen molar-refractivity contribution in [3.63, 3.8) is 0 Å². The van der Waals surface area contributed by atoms with Crippen LogP contribution in [-0.2, 0) is 14.8 Å². The summed E-state index contributed by atoms with van der Waals surface area (Å²) in [7, 11) is -3.65. The smallest absolute Gasteiger partial charge is 0.243 e. The lowest BCUT2D eigenvalue weighted by molar-refractivity contribution is -0.127. The number of nitrogens with one attached hydrogen (secondary N) is 1. The number of carbonyl (C=O) groups is 1. The molecule has 0 spiro atoms. The van der Waals surface area contributed by atoms with E-state index < -0.39 is 15.8 Å². The molecule has 0 bridgehead atoms. The van der Waals surface area contributed by atoms with Crippen LogP contribution in [0.2, 0.25) is 0 Å². The summed E-state index contributed by atoms with van der Waals surface area (Å²) in [6.07, 6.45) is 0.975. The first-order valence-electron chi connectivity index (χ1n) is 8.09. The van der Waals surface area contributed by atoms with E-state index in [1.54, 1.807) is 0 Å². The monoisotopic (exact) mass is 356 g/mol. The second-order valence-electron chi connectivity index (χ2n) is 7.33. The lowest BCUT2D eigenvalue weighted by atomic mass is 9.96. The molecule has 0 unspecified atom stereocenters. The van der Waals surface area contributed by atoms with Crippen LogP contribution >= 0.6 is 0 Å². The van der Waals surface area contributed by atoms with Crippen LogP contribution in [0.4, 0.5) is 4.39 Å². The SMILES string of the molecule is Cc1cc(S(=O)(=O)N2CCC(C(=O)NC(C)(C)C)CC2)ccc1F. The number of halogens is 1. The molecule has 1 N–H and O–H groups in total. The van der Waals surface area contributed by atoms with E-state index in [1.165, 1.54) is 29.4 Å². The zero-order valence-electron chi connectivity index (χ0n) is 14.6. The minimum atomic E-state index is -3.65. The molecule has 1 aliphatic rings. The van der Waals surface area contributed by atoms with Crippen LogP contribution in [0.5, 0.6) is 0 Å². The van der Waals surface area contributed by atoms with Crippen molar-refractivity contribution in [2.24, 2.45) is 5.92 Å². The molecule has 1 aromatic carbocycles. The Balaban J connectivity index is 2.05. The number of carbonyl (C=O) groups excluding carboxylic acids is 1. The second kappa shape index (κ2) is 6.80. The van der Waals surface area contributed by atoms with Crippen LogP contribution in [-0.4, -0.2) is 37.3 Å². The minimum Gasteiger partial charge on any atom is -0.351 e. The minimum absolute atomic E-state index is 0.0304. The van der Waals surface area contributed by atoms with Crippen LogP contribution in [0.3, 0.4) is 0 Å². The highest BCUT2D eigenvalue weighted by Crippen LogP contribution is 2.25. The van der Waals surface area contributed by atoms with Gasteiger partial charge in [-0.3, -0.25) is 4.79 Å². The molecule has 0 aromatic heterocycles. The summed E-state index contributed by atoms with van der Waals surface area (Å²) in [5, 5.41) is 2.94. The van der Waals surface area contributed by atoms with Gasteiger partial charge < -0.3 is 5.32 Å². The molecule has 2 rings (SSSR count). The summed E-state index contributed by atoms with van der Waals surface area (Å²) in [6.45, 7) is 7.88.